The molecule has 0 amide bonds. The van der Waals surface area contributed by atoms with Crippen molar-refractivity contribution in [2.45, 2.75) is 24.2 Å². The molecule has 0 aliphatic heterocycles. The van der Waals surface area contributed by atoms with E-state index in [2.05, 4.69) is 10.5 Å². The van der Waals surface area contributed by atoms with Gasteiger partial charge in [-0.1, -0.05) is 6.92 Å². The molecule has 0 unspecified atom stereocenters. The fourth-order valence-corrected chi connectivity index (χ4v) is 3.56. The summed E-state index contributed by atoms with van der Waals surface area (Å²) in [5.74, 6) is -0.841. The Kier molecular flexibility index (Phi) is 4.57. The number of nitro groups is 1. The molecule has 2 aromatic carbocycles. The number of halogens is 1. The molecule has 0 aromatic heterocycles. The SMILES string of the molecule is C[C@H]1C/C(=N\Nc2ccc(S(N)(=O)=O)cc2[N+](=O)[O-])c2c(O)ccc(F)c21. The van der Waals surface area contributed by atoms with Gasteiger partial charge < -0.3 is 5.11 Å². The summed E-state index contributed by atoms with van der Waals surface area (Å²) in [6.45, 7) is 1.77. The number of phenols is 1. The summed E-state index contributed by atoms with van der Waals surface area (Å²) in [6, 6.07) is 5.46. The van der Waals surface area contributed by atoms with Crippen LogP contribution in [0, 0.1) is 15.9 Å². The number of hydrazone groups is 1. The topological polar surface area (TPSA) is 148 Å². The Hall–Kier alpha value is -3.05. The fraction of sp³-hybridized carbons (Fsp3) is 0.188. The number of hydrogen-bond donors (Lipinski definition) is 3. The van der Waals surface area contributed by atoms with Crippen LogP contribution in [0.15, 0.2) is 40.3 Å². The molecule has 0 radical (unpaired) electrons. The van der Waals surface area contributed by atoms with E-state index in [-0.39, 0.29) is 22.9 Å². The lowest BCUT2D eigenvalue weighted by Crippen LogP contribution is -2.12. The summed E-state index contributed by atoms with van der Waals surface area (Å²) < 4.78 is 36.8. The molecule has 0 spiro atoms. The zero-order valence-corrected chi connectivity index (χ0v) is 14.8. The number of hydrogen-bond acceptors (Lipinski definition) is 7. The largest absolute Gasteiger partial charge is 0.507 e. The normalized spacial score (nSPS) is 17.7. The van der Waals surface area contributed by atoms with E-state index in [9.17, 15) is 28.0 Å². The maximum atomic E-state index is 14.0. The van der Waals surface area contributed by atoms with Crippen molar-refractivity contribution in [3.05, 3.63) is 57.4 Å². The first-order valence-corrected chi connectivity index (χ1v) is 9.29. The first-order chi connectivity index (χ1) is 12.6. The second-order valence-corrected chi connectivity index (χ2v) is 7.67. The monoisotopic (exact) mass is 394 g/mol. The molecule has 1 atom stereocenters. The van der Waals surface area contributed by atoms with Gasteiger partial charge in [0.1, 0.15) is 17.3 Å². The van der Waals surface area contributed by atoms with Gasteiger partial charge in [0.2, 0.25) is 10.0 Å². The van der Waals surface area contributed by atoms with E-state index in [0.29, 0.717) is 17.7 Å². The van der Waals surface area contributed by atoms with Crippen LogP contribution in [0.5, 0.6) is 5.75 Å². The maximum absolute atomic E-state index is 14.0. The summed E-state index contributed by atoms with van der Waals surface area (Å²) in [4.78, 5) is 10.0. The maximum Gasteiger partial charge on any atom is 0.295 e. The fourth-order valence-electron chi connectivity index (χ4n) is 3.03. The van der Waals surface area contributed by atoms with E-state index in [1.54, 1.807) is 6.92 Å². The van der Waals surface area contributed by atoms with Crippen LogP contribution in [-0.2, 0) is 10.0 Å². The van der Waals surface area contributed by atoms with Crippen LogP contribution in [0.4, 0.5) is 15.8 Å². The highest BCUT2D eigenvalue weighted by Crippen LogP contribution is 2.40. The van der Waals surface area contributed by atoms with Gasteiger partial charge in [0, 0.05) is 17.2 Å². The highest BCUT2D eigenvalue weighted by atomic mass is 32.2. The Balaban J connectivity index is 2.01. The Morgan fingerprint density at radius 1 is 1.37 bits per heavy atom. The number of nitrogens with one attached hydrogen (secondary N) is 1. The summed E-state index contributed by atoms with van der Waals surface area (Å²) in [6.07, 6.45) is 0.319. The quantitative estimate of drug-likeness (QED) is 0.536. The van der Waals surface area contributed by atoms with Crippen molar-refractivity contribution < 1.29 is 22.8 Å². The van der Waals surface area contributed by atoms with Crippen LogP contribution in [0.3, 0.4) is 0 Å². The minimum Gasteiger partial charge on any atom is -0.507 e. The van der Waals surface area contributed by atoms with Gasteiger partial charge in [-0.15, -0.1) is 0 Å². The molecule has 142 valence electrons. The molecule has 27 heavy (non-hydrogen) atoms. The lowest BCUT2D eigenvalue weighted by molar-refractivity contribution is -0.384. The number of rotatable bonds is 4. The van der Waals surface area contributed by atoms with Gasteiger partial charge in [-0.05, 0) is 36.6 Å². The first kappa shape index (κ1) is 18.7. The van der Waals surface area contributed by atoms with Crippen molar-refractivity contribution in [1.82, 2.24) is 0 Å². The smallest absolute Gasteiger partial charge is 0.295 e. The number of phenolic OH excluding ortho intramolecular Hbond substituents is 1. The van der Waals surface area contributed by atoms with Crippen LogP contribution < -0.4 is 10.6 Å². The number of nitrogens with two attached hydrogens (primary N) is 1. The van der Waals surface area contributed by atoms with Crippen molar-refractivity contribution in [2.75, 3.05) is 5.43 Å². The molecule has 0 heterocycles. The van der Waals surface area contributed by atoms with E-state index < -0.39 is 31.3 Å². The van der Waals surface area contributed by atoms with Gasteiger partial charge in [0.15, 0.2) is 0 Å². The zero-order valence-electron chi connectivity index (χ0n) is 14.0. The minimum absolute atomic E-state index is 0.0723. The van der Waals surface area contributed by atoms with Gasteiger partial charge in [-0.25, -0.2) is 17.9 Å². The molecule has 0 bridgehead atoms. The number of benzene rings is 2. The number of nitro benzene ring substituents is 1. The minimum atomic E-state index is -4.11. The lowest BCUT2D eigenvalue weighted by atomic mass is 10.0. The van der Waals surface area contributed by atoms with E-state index in [0.717, 1.165) is 24.3 Å². The molecule has 11 heteroatoms. The third-order valence-corrected chi connectivity index (χ3v) is 5.17. The van der Waals surface area contributed by atoms with E-state index in [1.165, 1.54) is 6.07 Å². The van der Waals surface area contributed by atoms with Crippen LogP contribution in [-0.4, -0.2) is 24.2 Å². The first-order valence-electron chi connectivity index (χ1n) is 7.75. The zero-order chi connectivity index (χ0) is 19.9. The summed E-state index contributed by atoms with van der Waals surface area (Å²) in [7, 11) is -4.11. The molecule has 3 rings (SSSR count). The molecule has 0 saturated heterocycles. The van der Waals surface area contributed by atoms with Gasteiger partial charge in [0.25, 0.3) is 5.69 Å². The Bertz CT molecular complexity index is 1080. The predicted molar refractivity (Wildman–Crippen MR) is 95.7 cm³/mol. The molecule has 1 aliphatic carbocycles. The van der Waals surface area contributed by atoms with Crippen molar-refractivity contribution in [3.8, 4) is 5.75 Å². The third-order valence-electron chi connectivity index (χ3n) is 4.26. The van der Waals surface area contributed by atoms with Crippen molar-refractivity contribution in [3.63, 3.8) is 0 Å². The van der Waals surface area contributed by atoms with Crippen LogP contribution >= 0.6 is 0 Å². The van der Waals surface area contributed by atoms with Gasteiger partial charge in [-0.2, -0.15) is 5.10 Å². The van der Waals surface area contributed by atoms with Gasteiger partial charge in [-0.3, -0.25) is 15.5 Å². The standard InChI is InChI=1S/C16H15FN4O5S/c1-8-6-12(16-14(22)5-3-10(17)15(8)16)20-19-11-4-2-9(27(18,25)26)7-13(11)21(23)24/h2-5,7-8,19,22H,6H2,1H3,(H2,18,25,26)/b20-12+/t8-/m0/s1. The van der Waals surface area contributed by atoms with Crippen LogP contribution in [0.2, 0.25) is 0 Å². The highest BCUT2D eigenvalue weighted by Gasteiger charge is 2.31. The molecule has 4 N–H and O–H groups in total. The van der Waals surface area contributed by atoms with Crippen LogP contribution in [0.1, 0.15) is 30.4 Å². The van der Waals surface area contributed by atoms with E-state index >= 15 is 0 Å². The number of nitrogens with zero attached hydrogens (tertiary/aromatic N) is 2. The average Bonchev–Trinajstić information content (AvgIpc) is 2.93. The third kappa shape index (κ3) is 3.46. The summed E-state index contributed by atoms with van der Waals surface area (Å²) in [5, 5.41) is 30.3. The number of aromatic hydroxyl groups is 1. The Morgan fingerprint density at radius 3 is 2.70 bits per heavy atom. The van der Waals surface area contributed by atoms with E-state index in [4.69, 9.17) is 5.14 Å². The van der Waals surface area contributed by atoms with E-state index in [1.807, 2.05) is 0 Å². The number of primary sulfonamides is 1. The summed E-state index contributed by atoms with van der Waals surface area (Å²) >= 11 is 0. The van der Waals surface area contributed by atoms with Crippen molar-refractivity contribution in [2.24, 2.45) is 10.2 Å². The van der Waals surface area contributed by atoms with Crippen molar-refractivity contribution >= 4 is 27.1 Å². The molecule has 2 aromatic rings. The number of fused-ring (bicyclic) bond motifs is 1. The second kappa shape index (κ2) is 6.59. The Labute approximate surface area is 153 Å². The molecular weight excluding hydrogens is 379 g/mol. The second-order valence-electron chi connectivity index (χ2n) is 6.11. The summed E-state index contributed by atoms with van der Waals surface area (Å²) in [5.41, 5.74) is 2.80. The number of anilines is 1. The number of sulfonamides is 1. The van der Waals surface area contributed by atoms with Gasteiger partial charge in [0.05, 0.1) is 15.5 Å². The molecule has 1 aliphatic rings. The van der Waals surface area contributed by atoms with Gasteiger partial charge >= 0.3 is 0 Å². The lowest BCUT2D eigenvalue weighted by Gasteiger charge is -2.07. The predicted octanol–water partition coefficient (Wildman–Crippen LogP) is 2.41. The highest BCUT2D eigenvalue weighted by molar-refractivity contribution is 7.89. The Morgan fingerprint density at radius 2 is 2.07 bits per heavy atom. The molecule has 0 saturated carbocycles. The van der Waals surface area contributed by atoms with Crippen molar-refractivity contribution in [1.29, 1.82) is 0 Å². The molecular formula is C16H15FN4O5S. The average molecular weight is 394 g/mol. The van der Waals surface area contributed by atoms with Crippen LogP contribution in [0.25, 0.3) is 0 Å². The molecule has 0 fully saturated rings. The molecule has 9 nitrogen and oxygen atoms in total.